The average Bonchev–Trinajstić information content (AvgIpc) is 2.74. The van der Waals surface area contributed by atoms with E-state index in [2.05, 4.69) is 5.32 Å². The third-order valence-corrected chi connectivity index (χ3v) is 5.65. The van der Waals surface area contributed by atoms with Gasteiger partial charge in [-0.2, -0.15) is 0 Å². The Hall–Kier alpha value is -0.590. The highest BCUT2D eigenvalue weighted by Gasteiger charge is 2.20. The van der Waals surface area contributed by atoms with E-state index < -0.39 is 9.84 Å². The molecule has 1 aromatic heterocycles. The van der Waals surface area contributed by atoms with Crippen LogP contribution in [0.25, 0.3) is 0 Å². The number of hydrogen-bond donors (Lipinski definition) is 1. The minimum atomic E-state index is -3.25. The summed E-state index contributed by atoms with van der Waals surface area (Å²) in [7, 11) is -3.25. The highest BCUT2D eigenvalue weighted by molar-refractivity contribution is 7.90. The first-order chi connectivity index (χ1) is 9.82. The molecule has 1 N–H and O–H groups in total. The molecule has 0 aliphatic rings. The van der Waals surface area contributed by atoms with Crippen molar-refractivity contribution in [2.75, 3.05) is 12.8 Å². The van der Waals surface area contributed by atoms with Gasteiger partial charge >= 0.3 is 0 Å². The molecule has 0 aliphatic carbocycles. The van der Waals surface area contributed by atoms with Crippen molar-refractivity contribution in [2.24, 2.45) is 0 Å². The van der Waals surface area contributed by atoms with Crippen molar-refractivity contribution >= 4 is 44.4 Å². The van der Waals surface area contributed by atoms with E-state index in [1.807, 2.05) is 19.1 Å². The minimum absolute atomic E-state index is 0.187. The van der Waals surface area contributed by atoms with Crippen molar-refractivity contribution in [3.8, 4) is 0 Å². The van der Waals surface area contributed by atoms with Crippen LogP contribution in [0.2, 0.25) is 8.67 Å². The van der Waals surface area contributed by atoms with E-state index in [-0.39, 0.29) is 6.04 Å². The van der Waals surface area contributed by atoms with Crippen LogP contribution in [-0.4, -0.2) is 21.2 Å². The van der Waals surface area contributed by atoms with Crippen molar-refractivity contribution in [2.45, 2.75) is 17.9 Å². The molecule has 21 heavy (non-hydrogen) atoms. The number of thiophene rings is 1. The molecule has 1 aromatic carbocycles. The van der Waals surface area contributed by atoms with Crippen LogP contribution in [0.4, 0.5) is 0 Å². The Bertz CT molecular complexity index is 741. The van der Waals surface area contributed by atoms with Crippen LogP contribution in [0.3, 0.4) is 0 Å². The number of halogens is 2. The molecule has 2 rings (SSSR count). The minimum Gasteiger partial charge on any atom is -0.306 e. The van der Waals surface area contributed by atoms with Crippen LogP contribution in [0, 0.1) is 0 Å². The van der Waals surface area contributed by atoms with Gasteiger partial charge in [0.1, 0.15) is 0 Å². The van der Waals surface area contributed by atoms with Gasteiger partial charge in [-0.1, -0.05) is 42.3 Å². The molecule has 0 radical (unpaired) electrons. The van der Waals surface area contributed by atoms with Crippen LogP contribution in [0.5, 0.6) is 0 Å². The zero-order valence-corrected chi connectivity index (χ0v) is 14.7. The van der Waals surface area contributed by atoms with E-state index in [4.69, 9.17) is 23.2 Å². The second-order valence-corrected chi connectivity index (χ2v) is 8.92. The van der Waals surface area contributed by atoms with Crippen molar-refractivity contribution in [1.82, 2.24) is 5.32 Å². The normalized spacial score (nSPS) is 13.3. The lowest BCUT2D eigenvalue weighted by Crippen LogP contribution is -2.22. The molecule has 0 amide bonds. The SMILES string of the molecule is CCNC(c1cccc(S(C)(=O)=O)c1)c1cc(Cl)sc1Cl. The van der Waals surface area contributed by atoms with Gasteiger partial charge in [-0.05, 0) is 30.3 Å². The maximum absolute atomic E-state index is 11.7. The summed E-state index contributed by atoms with van der Waals surface area (Å²) in [6.45, 7) is 2.70. The molecular weight excluding hydrogens is 349 g/mol. The molecule has 2 aromatic rings. The third-order valence-electron chi connectivity index (χ3n) is 3.02. The van der Waals surface area contributed by atoms with Gasteiger partial charge in [-0.15, -0.1) is 11.3 Å². The Morgan fingerprint density at radius 2 is 2.00 bits per heavy atom. The first-order valence-electron chi connectivity index (χ1n) is 6.31. The van der Waals surface area contributed by atoms with Crippen LogP contribution >= 0.6 is 34.5 Å². The van der Waals surface area contributed by atoms with Gasteiger partial charge in [0, 0.05) is 11.8 Å². The largest absolute Gasteiger partial charge is 0.306 e. The maximum atomic E-state index is 11.7. The van der Waals surface area contributed by atoms with Gasteiger partial charge in [0.2, 0.25) is 0 Å². The first kappa shape index (κ1) is 16.8. The Kier molecular flexibility index (Phi) is 5.33. The average molecular weight is 364 g/mol. The number of rotatable bonds is 5. The zero-order valence-electron chi connectivity index (χ0n) is 11.6. The van der Waals surface area contributed by atoms with Crippen molar-refractivity contribution in [3.05, 3.63) is 50.1 Å². The molecule has 3 nitrogen and oxygen atoms in total. The summed E-state index contributed by atoms with van der Waals surface area (Å²) in [4.78, 5) is 0.292. The Morgan fingerprint density at radius 3 is 2.52 bits per heavy atom. The fraction of sp³-hybridized carbons (Fsp3) is 0.286. The van der Waals surface area contributed by atoms with Crippen LogP contribution in [0.1, 0.15) is 24.1 Å². The molecule has 114 valence electrons. The summed E-state index contributed by atoms with van der Waals surface area (Å²) in [5, 5.41) is 3.32. The number of hydrogen-bond acceptors (Lipinski definition) is 4. The molecule has 0 aliphatic heterocycles. The van der Waals surface area contributed by atoms with Crippen LogP contribution in [-0.2, 0) is 9.84 Å². The van der Waals surface area contributed by atoms with E-state index in [1.165, 1.54) is 17.6 Å². The second-order valence-electron chi connectivity index (χ2n) is 4.61. The first-order valence-corrected chi connectivity index (χ1v) is 9.77. The molecule has 1 heterocycles. The summed E-state index contributed by atoms with van der Waals surface area (Å²) in [5.74, 6) is 0. The topological polar surface area (TPSA) is 46.2 Å². The van der Waals surface area contributed by atoms with E-state index in [0.29, 0.717) is 13.6 Å². The summed E-state index contributed by atoms with van der Waals surface area (Å²) in [6.07, 6.45) is 1.20. The van der Waals surface area contributed by atoms with E-state index >= 15 is 0 Å². The Labute approximate surface area is 138 Å². The predicted molar refractivity (Wildman–Crippen MR) is 89.4 cm³/mol. The lowest BCUT2D eigenvalue weighted by molar-refractivity contribution is 0.600. The van der Waals surface area contributed by atoms with Gasteiger partial charge < -0.3 is 5.32 Å². The smallest absolute Gasteiger partial charge is 0.175 e. The molecular formula is C14H15Cl2NO2S2. The highest BCUT2D eigenvalue weighted by atomic mass is 35.5. The van der Waals surface area contributed by atoms with Crippen molar-refractivity contribution in [1.29, 1.82) is 0 Å². The lowest BCUT2D eigenvalue weighted by Gasteiger charge is -2.18. The number of nitrogens with one attached hydrogen (secondary N) is 1. The van der Waals surface area contributed by atoms with Crippen LogP contribution in [0.15, 0.2) is 35.2 Å². The lowest BCUT2D eigenvalue weighted by atomic mass is 10.0. The summed E-state index contributed by atoms with van der Waals surface area (Å²) < 4.78 is 24.6. The molecule has 0 saturated carbocycles. The molecule has 0 saturated heterocycles. The van der Waals surface area contributed by atoms with Crippen LogP contribution < -0.4 is 5.32 Å². The fourth-order valence-electron chi connectivity index (χ4n) is 2.09. The Morgan fingerprint density at radius 1 is 1.29 bits per heavy atom. The van der Waals surface area contributed by atoms with Gasteiger partial charge in [0.15, 0.2) is 9.84 Å². The summed E-state index contributed by atoms with van der Waals surface area (Å²) in [5.41, 5.74) is 1.70. The summed E-state index contributed by atoms with van der Waals surface area (Å²) in [6, 6.07) is 8.50. The maximum Gasteiger partial charge on any atom is 0.175 e. The van der Waals surface area contributed by atoms with Gasteiger partial charge in [-0.3, -0.25) is 0 Å². The van der Waals surface area contributed by atoms with Gasteiger partial charge in [-0.25, -0.2) is 8.42 Å². The van der Waals surface area contributed by atoms with E-state index in [1.54, 1.807) is 18.2 Å². The predicted octanol–water partition coefficient (Wildman–Crippen LogP) is 4.16. The Balaban J connectivity index is 2.51. The second kappa shape index (κ2) is 6.67. The van der Waals surface area contributed by atoms with E-state index in [9.17, 15) is 8.42 Å². The van der Waals surface area contributed by atoms with Crippen molar-refractivity contribution in [3.63, 3.8) is 0 Å². The zero-order chi connectivity index (χ0) is 15.6. The van der Waals surface area contributed by atoms with Gasteiger partial charge in [0.25, 0.3) is 0 Å². The third kappa shape index (κ3) is 3.99. The molecule has 0 spiro atoms. The monoisotopic (exact) mass is 363 g/mol. The van der Waals surface area contributed by atoms with Crippen molar-refractivity contribution < 1.29 is 8.42 Å². The van der Waals surface area contributed by atoms with E-state index in [0.717, 1.165) is 17.7 Å². The molecule has 7 heteroatoms. The quantitative estimate of drug-likeness (QED) is 0.867. The molecule has 0 fully saturated rings. The number of benzene rings is 1. The fourth-order valence-corrected chi connectivity index (χ4v) is 4.29. The highest BCUT2D eigenvalue weighted by Crippen LogP contribution is 2.37. The van der Waals surface area contributed by atoms with Gasteiger partial charge in [0.05, 0.1) is 19.6 Å². The summed E-state index contributed by atoms with van der Waals surface area (Å²) >= 11 is 13.5. The number of sulfone groups is 1. The standard InChI is InChI=1S/C14H15Cl2NO2S2/c1-3-17-13(11-8-12(15)20-14(11)16)9-5-4-6-10(7-9)21(2,18)19/h4-8,13,17H,3H2,1-2H3. The molecule has 0 bridgehead atoms. The molecule has 1 atom stereocenters. The molecule has 1 unspecified atom stereocenters.